The molecule has 3 nitrogen and oxygen atoms in total. The highest BCUT2D eigenvalue weighted by Crippen LogP contribution is 1.92. The highest BCUT2D eigenvalue weighted by atomic mass is 15.2. The second-order valence-corrected chi connectivity index (χ2v) is 2.56. The number of nitrogens with one attached hydrogen (secondary N) is 1. The predicted molar refractivity (Wildman–Crippen MR) is 44.5 cm³/mol. The van der Waals surface area contributed by atoms with Crippen molar-refractivity contribution in [2.45, 2.75) is 13.0 Å². The number of nitrogens with two attached hydrogens (primary N) is 1. The van der Waals surface area contributed by atoms with Crippen LogP contribution in [0.2, 0.25) is 0 Å². The maximum atomic E-state index is 5.56. The van der Waals surface area contributed by atoms with E-state index in [2.05, 4.69) is 5.32 Å². The monoisotopic (exact) mass is 143 g/mol. The Kier molecular flexibility index (Phi) is 3.88. The molecule has 0 saturated heterocycles. The Balaban J connectivity index is 4.04. The van der Waals surface area contributed by atoms with Crippen molar-refractivity contribution in [3.8, 4) is 0 Å². The van der Waals surface area contributed by atoms with Gasteiger partial charge in [-0.25, -0.2) is 0 Å². The summed E-state index contributed by atoms with van der Waals surface area (Å²) in [5.41, 5.74) is 5.56. The van der Waals surface area contributed by atoms with Crippen molar-refractivity contribution in [3.63, 3.8) is 0 Å². The molecule has 0 amide bonds. The maximum absolute atomic E-state index is 5.56. The third-order valence-electron chi connectivity index (χ3n) is 1.16. The SMILES string of the molecule is CN/C(=C/[C@H](C)N)N(C)C. The minimum atomic E-state index is 0.102. The Bertz CT molecular complexity index is 116. The molecule has 0 rings (SSSR count). The normalized spacial score (nSPS) is 14.7. The van der Waals surface area contributed by atoms with E-state index in [1.54, 1.807) is 0 Å². The predicted octanol–water partition coefficient (Wildman–Crippen LogP) is -0.0440. The van der Waals surface area contributed by atoms with Gasteiger partial charge >= 0.3 is 0 Å². The van der Waals surface area contributed by atoms with Gasteiger partial charge in [-0.2, -0.15) is 0 Å². The molecular weight excluding hydrogens is 126 g/mol. The lowest BCUT2D eigenvalue weighted by Crippen LogP contribution is -2.25. The summed E-state index contributed by atoms with van der Waals surface area (Å²) in [6.07, 6.45) is 1.97. The smallest absolute Gasteiger partial charge is 0.0979 e. The summed E-state index contributed by atoms with van der Waals surface area (Å²) in [6, 6.07) is 0.102. The number of hydrogen-bond donors (Lipinski definition) is 2. The molecule has 3 N–H and O–H groups in total. The van der Waals surface area contributed by atoms with Crippen LogP contribution in [0.25, 0.3) is 0 Å². The van der Waals surface area contributed by atoms with E-state index >= 15 is 0 Å². The second-order valence-electron chi connectivity index (χ2n) is 2.56. The molecule has 0 aromatic heterocycles. The fraction of sp³-hybridized carbons (Fsp3) is 0.714. The summed E-state index contributed by atoms with van der Waals surface area (Å²) >= 11 is 0. The summed E-state index contributed by atoms with van der Waals surface area (Å²) in [4.78, 5) is 1.99. The summed E-state index contributed by atoms with van der Waals surface area (Å²) < 4.78 is 0. The van der Waals surface area contributed by atoms with E-state index in [-0.39, 0.29) is 6.04 Å². The summed E-state index contributed by atoms with van der Waals surface area (Å²) in [5, 5.41) is 3.04. The number of rotatable bonds is 3. The minimum Gasteiger partial charge on any atom is -0.375 e. The van der Waals surface area contributed by atoms with Crippen LogP contribution in [0, 0.1) is 0 Å². The Labute approximate surface area is 62.9 Å². The zero-order valence-electron chi connectivity index (χ0n) is 7.18. The molecule has 0 aromatic rings. The molecule has 10 heavy (non-hydrogen) atoms. The zero-order chi connectivity index (χ0) is 8.15. The van der Waals surface area contributed by atoms with E-state index in [9.17, 15) is 0 Å². The van der Waals surface area contributed by atoms with E-state index in [4.69, 9.17) is 5.73 Å². The van der Waals surface area contributed by atoms with Gasteiger partial charge in [0.2, 0.25) is 0 Å². The van der Waals surface area contributed by atoms with Crippen LogP contribution < -0.4 is 11.1 Å². The highest BCUT2D eigenvalue weighted by Gasteiger charge is 1.95. The van der Waals surface area contributed by atoms with Gasteiger partial charge in [0.1, 0.15) is 0 Å². The lowest BCUT2D eigenvalue weighted by atomic mass is 10.3. The van der Waals surface area contributed by atoms with Gasteiger partial charge in [-0.15, -0.1) is 0 Å². The van der Waals surface area contributed by atoms with Crippen molar-refractivity contribution >= 4 is 0 Å². The first-order chi connectivity index (χ1) is 4.57. The first-order valence-corrected chi connectivity index (χ1v) is 3.40. The molecule has 0 unspecified atom stereocenters. The Morgan fingerprint density at radius 2 is 2.10 bits per heavy atom. The molecule has 0 fully saturated rings. The molecule has 0 heterocycles. The molecule has 0 spiro atoms. The fourth-order valence-corrected chi connectivity index (χ4v) is 0.705. The van der Waals surface area contributed by atoms with Gasteiger partial charge in [-0.3, -0.25) is 0 Å². The van der Waals surface area contributed by atoms with Crippen LogP contribution in [0.5, 0.6) is 0 Å². The van der Waals surface area contributed by atoms with E-state index < -0.39 is 0 Å². The molecule has 0 bridgehead atoms. The van der Waals surface area contributed by atoms with Crippen LogP contribution in [0.4, 0.5) is 0 Å². The fourth-order valence-electron chi connectivity index (χ4n) is 0.705. The second kappa shape index (κ2) is 4.17. The average Bonchev–Trinajstić information content (AvgIpc) is 1.81. The lowest BCUT2D eigenvalue weighted by Gasteiger charge is -2.17. The summed E-state index contributed by atoms with van der Waals surface area (Å²) in [7, 11) is 5.84. The van der Waals surface area contributed by atoms with Crippen molar-refractivity contribution in [2.24, 2.45) is 5.73 Å². The molecule has 3 heteroatoms. The standard InChI is InChI=1S/C7H17N3/c1-6(8)5-7(9-2)10(3)4/h5-6,9H,8H2,1-4H3/b7-5-/t6-/m0/s1. The first kappa shape index (κ1) is 9.30. The van der Waals surface area contributed by atoms with Crippen LogP contribution in [0.15, 0.2) is 11.9 Å². The van der Waals surface area contributed by atoms with E-state index in [0.717, 1.165) is 5.82 Å². The molecule has 60 valence electrons. The topological polar surface area (TPSA) is 41.3 Å². The highest BCUT2D eigenvalue weighted by molar-refractivity contribution is 5.00. The van der Waals surface area contributed by atoms with Gasteiger partial charge in [-0.1, -0.05) is 0 Å². The Hall–Kier alpha value is -0.700. The Morgan fingerprint density at radius 1 is 1.60 bits per heavy atom. The van der Waals surface area contributed by atoms with E-state index in [1.165, 1.54) is 0 Å². The van der Waals surface area contributed by atoms with Gasteiger partial charge in [0.15, 0.2) is 0 Å². The van der Waals surface area contributed by atoms with Crippen LogP contribution in [0.1, 0.15) is 6.92 Å². The van der Waals surface area contributed by atoms with Crippen molar-refractivity contribution in [1.82, 2.24) is 10.2 Å². The van der Waals surface area contributed by atoms with E-state index in [1.807, 2.05) is 39.0 Å². The summed E-state index contributed by atoms with van der Waals surface area (Å²) in [5.74, 6) is 1.05. The Morgan fingerprint density at radius 3 is 2.20 bits per heavy atom. The van der Waals surface area contributed by atoms with Gasteiger partial charge in [0, 0.05) is 27.2 Å². The number of hydrogen-bond acceptors (Lipinski definition) is 3. The molecule has 0 saturated carbocycles. The van der Waals surface area contributed by atoms with Gasteiger partial charge in [0.25, 0.3) is 0 Å². The molecular formula is C7H17N3. The zero-order valence-corrected chi connectivity index (χ0v) is 7.18. The maximum Gasteiger partial charge on any atom is 0.0979 e. The molecule has 0 aliphatic carbocycles. The van der Waals surface area contributed by atoms with Crippen molar-refractivity contribution in [3.05, 3.63) is 11.9 Å². The quantitative estimate of drug-likeness (QED) is 0.582. The first-order valence-electron chi connectivity index (χ1n) is 3.40. The molecule has 0 aliphatic rings. The van der Waals surface area contributed by atoms with Crippen LogP contribution in [-0.4, -0.2) is 32.1 Å². The van der Waals surface area contributed by atoms with E-state index in [0.29, 0.717) is 0 Å². The summed E-state index contributed by atoms with van der Waals surface area (Å²) in [6.45, 7) is 1.95. The third kappa shape index (κ3) is 3.35. The molecule has 0 aromatic carbocycles. The lowest BCUT2D eigenvalue weighted by molar-refractivity contribution is 0.471. The molecule has 0 aliphatic heterocycles. The van der Waals surface area contributed by atoms with Gasteiger partial charge in [0.05, 0.1) is 5.82 Å². The van der Waals surface area contributed by atoms with Gasteiger partial charge in [-0.05, 0) is 13.0 Å². The van der Waals surface area contributed by atoms with Crippen molar-refractivity contribution in [1.29, 1.82) is 0 Å². The molecule has 1 atom stereocenters. The largest absolute Gasteiger partial charge is 0.375 e. The van der Waals surface area contributed by atoms with Crippen LogP contribution in [0.3, 0.4) is 0 Å². The van der Waals surface area contributed by atoms with Gasteiger partial charge < -0.3 is 16.0 Å². The third-order valence-corrected chi connectivity index (χ3v) is 1.16. The number of nitrogens with zero attached hydrogens (tertiary/aromatic N) is 1. The van der Waals surface area contributed by atoms with Crippen LogP contribution in [-0.2, 0) is 0 Å². The van der Waals surface area contributed by atoms with Crippen molar-refractivity contribution in [2.75, 3.05) is 21.1 Å². The minimum absolute atomic E-state index is 0.102. The van der Waals surface area contributed by atoms with Crippen molar-refractivity contribution < 1.29 is 0 Å². The molecule has 0 radical (unpaired) electrons. The van der Waals surface area contributed by atoms with Crippen LogP contribution >= 0.6 is 0 Å². The average molecular weight is 143 g/mol.